The maximum absolute atomic E-state index is 13.0. The van der Waals surface area contributed by atoms with Crippen LogP contribution in [0, 0.1) is 11.6 Å². The number of carbonyl (C=O) groups excluding carboxylic acids is 2. The first-order chi connectivity index (χ1) is 10.8. The molecule has 8 heteroatoms. The van der Waals surface area contributed by atoms with Gasteiger partial charge in [0, 0.05) is 23.4 Å². The lowest BCUT2D eigenvalue weighted by molar-refractivity contribution is -0.115. The molecule has 0 aliphatic rings. The van der Waals surface area contributed by atoms with Gasteiger partial charge in [-0.15, -0.1) is 0 Å². The van der Waals surface area contributed by atoms with Gasteiger partial charge in [0.25, 0.3) is 5.91 Å². The summed E-state index contributed by atoms with van der Waals surface area (Å²) in [5, 5.41) is 11.5. The molecule has 3 N–H and O–H groups in total. The van der Waals surface area contributed by atoms with Crippen LogP contribution < -0.4 is 10.6 Å². The largest absolute Gasteiger partial charge is 0.343 e. The van der Waals surface area contributed by atoms with Gasteiger partial charge in [-0.25, -0.2) is 8.78 Å². The van der Waals surface area contributed by atoms with E-state index in [1.165, 1.54) is 0 Å². The molecule has 2 rings (SSSR count). The van der Waals surface area contributed by atoms with Crippen LogP contribution in [0.1, 0.15) is 35.8 Å². The predicted octanol–water partition coefficient (Wildman–Crippen LogP) is 2.18. The molecular weight excluding hydrogens is 306 g/mol. The lowest BCUT2D eigenvalue weighted by Gasteiger charge is -2.05. The fourth-order valence-corrected chi connectivity index (χ4v) is 1.83. The predicted molar refractivity (Wildman–Crippen MR) is 80.0 cm³/mol. The van der Waals surface area contributed by atoms with Crippen LogP contribution in [0.3, 0.4) is 0 Å². The maximum Gasteiger partial charge on any atom is 0.251 e. The van der Waals surface area contributed by atoms with Crippen LogP contribution in [0.15, 0.2) is 24.3 Å². The number of amides is 2. The first-order valence-corrected chi connectivity index (χ1v) is 6.94. The van der Waals surface area contributed by atoms with E-state index in [1.54, 1.807) is 6.07 Å². The number of carbonyl (C=O) groups is 2. The van der Waals surface area contributed by atoms with Gasteiger partial charge in [-0.05, 0) is 18.1 Å². The van der Waals surface area contributed by atoms with Crippen molar-refractivity contribution in [2.45, 2.75) is 19.8 Å². The number of benzene rings is 1. The molecule has 0 atom stereocenters. The third kappa shape index (κ3) is 4.60. The molecule has 23 heavy (non-hydrogen) atoms. The molecule has 0 saturated carbocycles. The second kappa shape index (κ2) is 6.99. The second-order valence-electron chi connectivity index (χ2n) is 5.25. The summed E-state index contributed by atoms with van der Waals surface area (Å²) in [5.74, 6) is -2.41. The van der Waals surface area contributed by atoms with Gasteiger partial charge in [-0.3, -0.25) is 14.7 Å². The molecule has 0 fully saturated rings. The average molecular weight is 322 g/mol. The van der Waals surface area contributed by atoms with Crippen molar-refractivity contribution >= 4 is 17.6 Å². The number of hydrogen-bond donors (Lipinski definition) is 3. The number of H-pyrrole nitrogens is 1. The lowest BCUT2D eigenvalue weighted by Crippen LogP contribution is -2.33. The van der Waals surface area contributed by atoms with Gasteiger partial charge in [0.15, 0.2) is 5.82 Å². The smallest absolute Gasteiger partial charge is 0.251 e. The highest BCUT2D eigenvalue weighted by molar-refractivity contribution is 5.99. The Bertz CT molecular complexity index is 708. The Kier molecular flexibility index (Phi) is 5.05. The Hall–Kier alpha value is -2.77. The number of hydrogen-bond acceptors (Lipinski definition) is 3. The molecule has 0 aliphatic carbocycles. The molecule has 0 bridgehead atoms. The van der Waals surface area contributed by atoms with E-state index < -0.39 is 23.4 Å². The second-order valence-corrected chi connectivity index (χ2v) is 5.25. The molecule has 1 aromatic carbocycles. The normalized spacial score (nSPS) is 10.7. The van der Waals surface area contributed by atoms with Gasteiger partial charge in [-0.2, -0.15) is 5.10 Å². The summed E-state index contributed by atoms with van der Waals surface area (Å²) in [5.41, 5.74) is 0.664. The Morgan fingerprint density at radius 1 is 1.17 bits per heavy atom. The van der Waals surface area contributed by atoms with Crippen molar-refractivity contribution in [3.63, 3.8) is 0 Å². The lowest BCUT2D eigenvalue weighted by atomic mass is 10.1. The van der Waals surface area contributed by atoms with E-state index in [9.17, 15) is 18.4 Å². The molecule has 2 amide bonds. The van der Waals surface area contributed by atoms with Gasteiger partial charge >= 0.3 is 0 Å². The highest BCUT2D eigenvalue weighted by Crippen LogP contribution is 2.14. The van der Waals surface area contributed by atoms with E-state index in [1.807, 2.05) is 13.8 Å². The van der Waals surface area contributed by atoms with Crippen molar-refractivity contribution in [1.29, 1.82) is 0 Å². The van der Waals surface area contributed by atoms with E-state index >= 15 is 0 Å². The van der Waals surface area contributed by atoms with Crippen LogP contribution in [0.5, 0.6) is 0 Å². The Morgan fingerprint density at radius 3 is 2.39 bits per heavy atom. The summed E-state index contributed by atoms with van der Waals surface area (Å²) in [6, 6.07) is 4.12. The van der Waals surface area contributed by atoms with Crippen molar-refractivity contribution in [2.24, 2.45) is 0 Å². The molecular formula is C15H16F2N4O2. The molecule has 6 nitrogen and oxygen atoms in total. The van der Waals surface area contributed by atoms with Crippen LogP contribution in [-0.4, -0.2) is 28.6 Å². The van der Waals surface area contributed by atoms with Gasteiger partial charge < -0.3 is 10.6 Å². The topological polar surface area (TPSA) is 86.9 Å². The number of nitrogens with one attached hydrogen (secondary N) is 3. The SMILES string of the molecule is CC(C)c1cc(NC(=O)CNC(=O)c2cc(F)cc(F)c2)n[nH]1. The fourth-order valence-electron chi connectivity index (χ4n) is 1.83. The van der Waals surface area contributed by atoms with Crippen molar-refractivity contribution in [2.75, 3.05) is 11.9 Å². The summed E-state index contributed by atoms with van der Waals surface area (Å²) in [4.78, 5) is 23.5. The molecule has 0 spiro atoms. The van der Waals surface area contributed by atoms with Crippen molar-refractivity contribution in [1.82, 2.24) is 15.5 Å². The van der Waals surface area contributed by atoms with Crippen LogP contribution in [0.4, 0.5) is 14.6 Å². The molecule has 2 aromatic rings. The Balaban J connectivity index is 1.89. The molecule has 0 aliphatic heterocycles. The molecule has 0 unspecified atom stereocenters. The minimum absolute atomic E-state index is 0.197. The van der Waals surface area contributed by atoms with Crippen LogP contribution in [-0.2, 0) is 4.79 Å². The highest BCUT2D eigenvalue weighted by atomic mass is 19.1. The summed E-state index contributed by atoms with van der Waals surface area (Å²) in [7, 11) is 0. The summed E-state index contributed by atoms with van der Waals surface area (Å²) in [6.45, 7) is 3.59. The number of rotatable bonds is 5. The summed E-state index contributed by atoms with van der Waals surface area (Å²) < 4.78 is 26.1. The number of halogens is 2. The Morgan fingerprint density at radius 2 is 1.83 bits per heavy atom. The Labute approximate surface area is 131 Å². The molecule has 122 valence electrons. The zero-order chi connectivity index (χ0) is 17.0. The van der Waals surface area contributed by atoms with Crippen LogP contribution in [0.25, 0.3) is 0 Å². The summed E-state index contributed by atoms with van der Waals surface area (Å²) in [6.07, 6.45) is 0. The average Bonchev–Trinajstić information content (AvgIpc) is 2.92. The van der Waals surface area contributed by atoms with E-state index in [0.717, 1.165) is 17.8 Å². The number of nitrogens with zero attached hydrogens (tertiary/aromatic N) is 1. The number of aromatic amines is 1. The van der Waals surface area contributed by atoms with E-state index in [0.29, 0.717) is 11.9 Å². The third-order valence-corrected chi connectivity index (χ3v) is 3.02. The standard InChI is InChI=1S/C15H16F2N4O2/c1-8(2)12-6-13(21-20-12)19-14(22)7-18-15(23)9-3-10(16)5-11(17)4-9/h3-6,8H,7H2,1-2H3,(H,18,23)(H2,19,20,21,22). The molecule has 0 radical (unpaired) electrons. The number of aromatic nitrogens is 2. The zero-order valence-electron chi connectivity index (χ0n) is 12.6. The zero-order valence-corrected chi connectivity index (χ0v) is 12.6. The number of anilines is 1. The van der Waals surface area contributed by atoms with E-state index in [4.69, 9.17) is 0 Å². The quantitative estimate of drug-likeness (QED) is 0.788. The molecule has 1 aromatic heterocycles. The highest BCUT2D eigenvalue weighted by Gasteiger charge is 2.12. The van der Waals surface area contributed by atoms with Crippen molar-refractivity contribution in [3.05, 3.63) is 47.2 Å². The minimum atomic E-state index is -0.864. The van der Waals surface area contributed by atoms with Gasteiger partial charge in [0.2, 0.25) is 5.91 Å². The minimum Gasteiger partial charge on any atom is -0.343 e. The summed E-state index contributed by atoms with van der Waals surface area (Å²) >= 11 is 0. The van der Waals surface area contributed by atoms with E-state index in [-0.39, 0.29) is 18.0 Å². The van der Waals surface area contributed by atoms with Gasteiger partial charge in [-0.1, -0.05) is 13.8 Å². The monoisotopic (exact) mass is 322 g/mol. The van der Waals surface area contributed by atoms with Crippen LogP contribution >= 0.6 is 0 Å². The maximum atomic E-state index is 13.0. The van der Waals surface area contributed by atoms with E-state index in [2.05, 4.69) is 20.8 Å². The van der Waals surface area contributed by atoms with Gasteiger partial charge in [0.1, 0.15) is 11.6 Å². The first kappa shape index (κ1) is 16.6. The van der Waals surface area contributed by atoms with Crippen LogP contribution in [0.2, 0.25) is 0 Å². The fraction of sp³-hybridized carbons (Fsp3) is 0.267. The van der Waals surface area contributed by atoms with Gasteiger partial charge in [0.05, 0.1) is 6.54 Å². The molecule has 0 saturated heterocycles. The van der Waals surface area contributed by atoms with Crippen molar-refractivity contribution < 1.29 is 18.4 Å². The third-order valence-electron chi connectivity index (χ3n) is 3.02. The molecule has 1 heterocycles. The first-order valence-electron chi connectivity index (χ1n) is 6.94. The van der Waals surface area contributed by atoms with Crippen molar-refractivity contribution in [3.8, 4) is 0 Å².